The van der Waals surface area contributed by atoms with Crippen LogP contribution in [0.5, 0.6) is 11.5 Å². The summed E-state index contributed by atoms with van der Waals surface area (Å²) in [7, 11) is 1.27. The van der Waals surface area contributed by atoms with Crippen molar-refractivity contribution < 1.29 is 24.2 Å². The van der Waals surface area contributed by atoms with Gasteiger partial charge in [0.2, 0.25) is 0 Å². The van der Waals surface area contributed by atoms with Gasteiger partial charge < -0.3 is 14.6 Å². The molecule has 2 aromatic carbocycles. The van der Waals surface area contributed by atoms with E-state index in [1.807, 2.05) is 0 Å². The molecule has 1 amide bonds. The summed E-state index contributed by atoms with van der Waals surface area (Å²) in [6.45, 7) is 3.86. The molecule has 29 heavy (non-hydrogen) atoms. The third-order valence-electron chi connectivity index (χ3n) is 4.47. The number of methoxy groups -OCH3 is 1. The molecule has 1 heterocycles. The average Bonchev–Trinajstić information content (AvgIpc) is 2.94. The lowest BCUT2D eigenvalue weighted by atomic mass is 10.0. The lowest BCUT2D eigenvalue weighted by Crippen LogP contribution is -2.24. The minimum atomic E-state index is -0.609. The molecule has 3 rings (SSSR count). The van der Waals surface area contributed by atoms with Crippen LogP contribution in [-0.4, -0.2) is 30.7 Å². The molecular formula is C22H20ClNO5. The summed E-state index contributed by atoms with van der Waals surface area (Å²) in [4.78, 5) is 27.1. The predicted octanol–water partition coefficient (Wildman–Crippen LogP) is 4.32. The second kappa shape index (κ2) is 8.41. The molecule has 0 aliphatic carbocycles. The first-order chi connectivity index (χ1) is 13.9. The number of hydrogen-bond acceptors (Lipinski definition) is 5. The van der Waals surface area contributed by atoms with E-state index in [9.17, 15) is 14.7 Å². The maximum Gasteiger partial charge on any atom is 0.340 e. The van der Waals surface area contributed by atoms with Gasteiger partial charge in [0.15, 0.2) is 11.5 Å². The van der Waals surface area contributed by atoms with Gasteiger partial charge in [-0.1, -0.05) is 17.7 Å². The molecular weight excluding hydrogens is 394 g/mol. The number of allylic oxidation sites excluding steroid dienone is 1. The number of amides is 1. The predicted molar refractivity (Wildman–Crippen MR) is 111 cm³/mol. The molecule has 0 aromatic heterocycles. The van der Waals surface area contributed by atoms with E-state index >= 15 is 0 Å². The molecule has 0 unspecified atom stereocenters. The number of hydrogen-bond donors (Lipinski definition) is 1. The van der Waals surface area contributed by atoms with Crippen LogP contribution in [0.3, 0.4) is 0 Å². The molecule has 1 N–H and O–H groups in total. The lowest BCUT2D eigenvalue weighted by Gasteiger charge is -2.18. The van der Waals surface area contributed by atoms with Gasteiger partial charge in [0.1, 0.15) is 0 Å². The number of anilines is 1. The smallest absolute Gasteiger partial charge is 0.340 e. The Morgan fingerprint density at radius 1 is 1.21 bits per heavy atom. The first-order valence-electron chi connectivity index (χ1n) is 8.94. The van der Waals surface area contributed by atoms with E-state index in [1.165, 1.54) is 18.1 Å². The molecule has 0 fully saturated rings. The normalized spacial score (nSPS) is 15.2. The van der Waals surface area contributed by atoms with Gasteiger partial charge in [0.05, 0.1) is 24.9 Å². The van der Waals surface area contributed by atoms with Crippen LogP contribution in [0.25, 0.3) is 6.08 Å². The fourth-order valence-electron chi connectivity index (χ4n) is 3.14. The van der Waals surface area contributed by atoms with E-state index in [0.717, 1.165) is 0 Å². The molecule has 0 spiro atoms. The Labute approximate surface area is 173 Å². The zero-order valence-corrected chi connectivity index (χ0v) is 17.0. The number of phenols is 1. The van der Waals surface area contributed by atoms with E-state index < -0.39 is 5.97 Å². The Bertz CT molecular complexity index is 1020. The molecule has 150 valence electrons. The summed E-state index contributed by atoms with van der Waals surface area (Å²) in [6.07, 6.45) is 1.58. The van der Waals surface area contributed by atoms with Crippen LogP contribution in [0.2, 0.25) is 5.02 Å². The second-order valence-corrected chi connectivity index (χ2v) is 6.72. The lowest BCUT2D eigenvalue weighted by molar-refractivity contribution is -0.136. The Hall–Kier alpha value is -3.25. The minimum absolute atomic E-state index is 0.00514. The van der Waals surface area contributed by atoms with Gasteiger partial charge in [-0.05, 0) is 61.9 Å². The highest BCUT2D eigenvalue weighted by Crippen LogP contribution is 2.36. The average molecular weight is 414 g/mol. The number of carbonyl (C=O) groups is 2. The summed E-state index contributed by atoms with van der Waals surface area (Å²) in [6, 6.07) is 11.5. The number of nitrogens with zero attached hydrogens (tertiary/aromatic N) is 1. The van der Waals surface area contributed by atoms with Crippen molar-refractivity contribution in [3.05, 3.63) is 69.9 Å². The number of aromatic hydroxyl groups is 1. The van der Waals surface area contributed by atoms with E-state index in [2.05, 4.69) is 0 Å². The van der Waals surface area contributed by atoms with Gasteiger partial charge in [-0.15, -0.1) is 0 Å². The first kappa shape index (κ1) is 20.5. The molecule has 1 aliphatic heterocycles. The number of benzene rings is 2. The van der Waals surface area contributed by atoms with Crippen molar-refractivity contribution in [2.75, 3.05) is 18.6 Å². The SMILES string of the molecule is CCOc1cc(/C=C2\C(=O)N(c3ccc(Cl)cc3)C(C)=C2C(=O)OC)ccc1O. The van der Waals surface area contributed by atoms with Crippen LogP contribution in [-0.2, 0) is 14.3 Å². The van der Waals surface area contributed by atoms with E-state index in [4.69, 9.17) is 21.1 Å². The van der Waals surface area contributed by atoms with E-state index in [-0.39, 0.29) is 22.8 Å². The van der Waals surface area contributed by atoms with Gasteiger partial charge in [-0.3, -0.25) is 9.69 Å². The summed E-state index contributed by atoms with van der Waals surface area (Å²) in [5.41, 5.74) is 2.01. The molecule has 7 heteroatoms. The Kier molecular flexibility index (Phi) is 5.94. The molecule has 6 nitrogen and oxygen atoms in total. The van der Waals surface area contributed by atoms with Crippen LogP contribution < -0.4 is 9.64 Å². The van der Waals surface area contributed by atoms with Crippen LogP contribution in [0.4, 0.5) is 5.69 Å². The fraction of sp³-hybridized carbons (Fsp3) is 0.182. The van der Waals surface area contributed by atoms with Gasteiger partial charge in [0, 0.05) is 16.4 Å². The van der Waals surface area contributed by atoms with Crippen LogP contribution in [0.15, 0.2) is 59.3 Å². The van der Waals surface area contributed by atoms with Crippen LogP contribution >= 0.6 is 11.6 Å². The second-order valence-electron chi connectivity index (χ2n) is 6.29. The van der Waals surface area contributed by atoms with Crippen molar-refractivity contribution in [3.63, 3.8) is 0 Å². The van der Waals surface area contributed by atoms with Crippen molar-refractivity contribution in [2.45, 2.75) is 13.8 Å². The number of carbonyl (C=O) groups excluding carboxylic acids is 2. The van der Waals surface area contributed by atoms with Crippen molar-refractivity contribution in [2.24, 2.45) is 0 Å². The summed E-state index contributed by atoms with van der Waals surface area (Å²) < 4.78 is 10.3. The highest BCUT2D eigenvalue weighted by atomic mass is 35.5. The summed E-state index contributed by atoms with van der Waals surface area (Å²) in [5, 5.41) is 10.4. The fourth-order valence-corrected chi connectivity index (χ4v) is 3.27. The van der Waals surface area contributed by atoms with E-state index in [1.54, 1.807) is 56.3 Å². The topological polar surface area (TPSA) is 76.1 Å². The van der Waals surface area contributed by atoms with Crippen molar-refractivity contribution >= 4 is 35.2 Å². The number of halogens is 1. The quantitative estimate of drug-likeness (QED) is 0.583. The number of phenolic OH excluding ortho intramolecular Hbond substituents is 1. The zero-order chi connectivity index (χ0) is 21.1. The molecule has 2 aromatic rings. The Balaban J connectivity index is 2.11. The maximum atomic E-state index is 13.2. The maximum absolute atomic E-state index is 13.2. The van der Waals surface area contributed by atoms with Gasteiger partial charge in [-0.25, -0.2) is 4.79 Å². The number of esters is 1. The van der Waals surface area contributed by atoms with Crippen molar-refractivity contribution in [3.8, 4) is 11.5 Å². The summed E-state index contributed by atoms with van der Waals surface area (Å²) in [5.74, 6) is -0.685. The van der Waals surface area contributed by atoms with Crippen molar-refractivity contribution in [1.82, 2.24) is 0 Å². The number of ether oxygens (including phenoxy) is 2. The Morgan fingerprint density at radius 3 is 2.52 bits per heavy atom. The summed E-state index contributed by atoms with van der Waals surface area (Å²) >= 11 is 5.95. The first-order valence-corrected chi connectivity index (χ1v) is 9.32. The third-order valence-corrected chi connectivity index (χ3v) is 4.72. The molecule has 0 saturated carbocycles. The molecule has 0 saturated heterocycles. The minimum Gasteiger partial charge on any atom is -0.504 e. The molecule has 1 aliphatic rings. The molecule has 0 atom stereocenters. The van der Waals surface area contributed by atoms with Gasteiger partial charge in [0.25, 0.3) is 5.91 Å². The number of rotatable bonds is 5. The molecule has 0 bridgehead atoms. The Morgan fingerprint density at radius 2 is 1.90 bits per heavy atom. The van der Waals surface area contributed by atoms with Gasteiger partial charge in [-0.2, -0.15) is 0 Å². The van der Waals surface area contributed by atoms with Crippen LogP contribution in [0.1, 0.15) is 19.4 Å². The standard InChI is InChI=1S/C22H20ClNO5/c1-4-29-19-12-14(5-10-18(19)25)11-17-20(22(27)28-3)13(2)24(21(17)26)16-8-6-15(23)7-9-16/h5-12,25H,4H2,1-3H3/b17-11-. The largest absolute Gasteiger partial charge is 0.504 e. The highest BCUT2D eigenvalue weighted by molar-refractivity contribution is 6.30. The third kappa shape index (κ3) is 3.98. The zero-order valence-electron chi connectivity index (χ0n) is 16.2. The van der Waals surface area contributed by atoms with Gasteiger partial charge >= 0.3 is 5.97 Å². The van der Waals surface area contributed by atoms with Crippen LogP contribution in [0, 0.1) is 0 Å². The van der Waals surface area contributed by atoms with E-state index in [0.29, 0.717) is 34.3 Å². The highest BCUT2D eigenvalue weighted by Gasteiger charge is 2.37. The van der Waals surface area contributed by atoms with Crippen molar-refractivity contribution in [1.29, 1.82) is 0 Å². The molecule has 0 radical (unpaired) electrons. The monoisotopic (exact) mass is 413 g/mol.